The fourth-order valence-corrected chi connectivity index (χ4v) is 0.671. The van der Waals surface area contributed by atoms with E-state index in [1.165, 1.54) is 6.92 Å². The second-order valence-corrected chi connectivity index (χ2v) is 3.61. The highest BCUT2D eigenvalue weighted by Crippen LogP contribution is 2.04. The van der Waals surface area contributed by atoms with Crippen LogP contribution >= 0.6 is 0 Å². The van der Waals surface area contributed by atoms with E-state index in [1.807, 2.05) is 0 Å². The van der Waals surface area contributed by atoms with Crippen molar-refractivity contribution in [1.29, 1.82) is 0 Å². The Morgan fingerprint density at radius 3 is 1.11 bits per heavy atom. The van der Waals surface area contributed by atoms with Gasteiger partial charge in [-0.05, 0) is 0 Å². The van der Waals surface area contributed by atoms with Gasteiger partial charge in [0.2, 0.25) is 0 Å². The van der Waals surface area contributed by atoms with Crippen molar-refractivity contribution < 1.29 is 46.0 Å². The summed E-state index contributed by atoms with van der Waals surface area (Å²) in [4.78, 5) is 0. The maximum atomic E-state index is 8.96. The van der Waals surface area contributed by atoms with E-state index in [9.17, 15) is 0 Å². The predicted octanol–water partition coefficient (Wildman–Crippen LogP) is -4.56. The SMILES string of the molecule is CCC(O)(O)O.OC[C@@H](O)[C@@H](O)[C@H](O)[C@H](O)CO. The van der Waals surface area contributed by atoms with Crippen molar-refractivity contribution in [2.24, 2.45) is 0 Å². The summed E-state index contributed by atoms with van der Waals surface area (Å²) < 4.78 is 0. The number of rotatable bonds is 6. The van der Waals surface area contributed by atoms with Crippen molar-refractivity contribution in [3.63, 3.8) is 0 Å². The van der Waals surface area contributed by atoms with Crippen LogP contribution in [-0.4, -0.2) is 89.6 Å². The van der Waals surface area contributed by atoms with Gasteiger partial charge in [-0.3, -0.25) is 0 Å². The Morgan fingerprint density at radius 1 is 0.778 bits per heavy atom. The molecule has 0 aromatic carbocycles. The molecule has 0 unspecified atom stereocenters. The molecule has 0 rings (SSSR count). The highest BCUT2D eigenvalue weighted by Gasteiger charge is 2.29. The summed E-state index contributed by atoms with van der Waals surface area (Å²) in [5, 5.41) is 76.0. The number of hydrogen-bond acceptors (Lipinski definition) is 9. The van der Waals surface area contributed by atoms with Crippen molar-refractivity contribution in [3.8, 4) is 0 Å². The van der Waals surface area contributed by atoms with E-state index in [-0.39, 0.29) is 6.42 Å². The van der Waals surface area contributed by atoms with Crippen molar-refractivity contribution in [2.45, 2.75) is 43.7 Å². The first-order valence-corrected chi connectivity index (χ1v) is 5.21. The lowest BCUT2D eigenvalue weighted by atomic mass is 10.0. The van der Waals surface area contributed by atoms with Gasteiger partial charge in [0.1, 0.15) is 24.4 Å². The second kappa shape index (κ2) is 9.55. The van der Waals surface area contributed by atoms with Crippen molar-refractivity contribution in [3.05, 3.63) is 0 Å². The van der Waals surface area contributed by atoms with Crippen LogP contribution in [0.3, 0.4) is 0 Å². The zero-order valence-corrected chi connectivity index (χ0v) is 9.96. The van der Waals surface area contributed by atoms with Crippen molar-refractivity contribution >= 4 is 0 Å². The quantitative estimate of drug-likeness (QED) is 0.215. The molecule has 0 saturated heterocycles. The standard InChI is InChI=1S/C6H14O6.C3H8O3/c7-1-3(9)5(11)6(12)4(10)2-8;1-2-3(4,5)6/h3-12H,1-2H2;4-6H,2H2,1H3/t3-,4-,5-,6-;/m1./s1. The van der Waals surface area contributed by atoms with E-state index < -0.39 is 43.6 Å². The van der Waals surface area contributed by atoms with Gasteiger partial charge >= 0.3 is 0 Å². The summed E-state index contributed by atoms with van der Waals surface area (Å²) in [6.45, 7) is 0.00670. The minimum atomic E-state index is -2.46. The molecule has 0 aromatic rings. The molecule has 112 valence electrons. The van der Waals surface area contributed by atoms with Crippen LogP contribution in [0.1, 0.15) is 13.3 Å². The molecule has 0 fully saturated rings. The summed E-state index contributed by atoms with van der Waals surface area (Å²) in [6, 6.07) is 0. The first-order chi connectivity index (χ1) is 8.10. The molecule has 0 radical (unpaired) electrons. The monoisotopic (exact) mass is 274 g/mol. The Bertz CT molecular complexity index is 179. The Balaban J connectivity index is 0. The van der Waals surface area contributed by atoms with E-state index >= 15 is 0 Å². The smallest absolute Gasteiger partial charge is 0.274 e. The molecule has 0 saturated carbocycles. The average molecular weight is 274 g/mol. The van der Waals surface area contributed by atoms with Crippen LogP contribution in [-0.2, 0) is 0 Å². The third-order valence-electron chi connectivity index (χ3n) is 1.99. The van der Waals surface area contributed by atoms with E-state index in [4.69, 9.17) is 46.0 Å². The molecule has 0 aromatic heterocycles. The molecule has 9 N–H and O–H groups in total. The zero-order valence-electron chi connectivity index (χ0n) is 9.96. The highest BCUT2D eigenvalue weighted by atomic mass is 16.7. The molecular weight excluding hydrogens is 252 g/mol. The van der Waals surface area contributed by atoms with Crippen LogP contribution in [0.2, 0.25) is 0 Å². The molecule has 0 aliphatic rings. The van der Waals surface area contributed by atoms with Gasteiger partial charge in [-0.1, -0.05) is 6.92 Å². The minimum Gasteiger partial charge on any atom is -0.394 e. The van der Waals surface area contributed by atoms with Gasteiger partial charge in [0.05, 0.1) is 13.2 Å². The van der Waals surface area contributed by atoms with E-state index in [2.05, 4.69) is 0 Å². The molecule has 0 heterocycles. The van der Waals surface area contributed by atoms with Crippen LogP contribution in [0.5, 0.6) is 0 Å². The van der Waals surface area contributed by atoms with Crippen LogP contribution in [0, 0.1) is 0 Å². The molecular formula is C9H22O9. The van der Waals surface area contributed by atoms with Crippen LogP contribution < -0.4 is 0 Å². The maximum absolute atomic E-state index is 8.96. The highest BCUT2D eigenvalue weighted by molar-refractivity contribution is 4.79. The number of aliphatic hydroxyl groups is 9. The predicted molar refractivity (Wildman–Crippen MR) is 57.9 cm³/mol. The molecule has 9 nitrogen and oxygen atoms in total. The van der Waals surface area contributed by atoms with E-state index in [0.29, 0.717) is 0 Å². The van der Waals surface area contributed by atoms with Crippen molar-refractivity contribution in [1.82, 2.24) is 0 Å². The summed E-state index contributed by atoms with van der Waals surface area (Å²) in [6.07, 6.45) is -6.45. The van der Waals surface area contributed by atoms with Crippen LogP contribution in [0.15, 0.2) is 0 Å². The minimum absolute atomic E-state index is 0.0625. The third-order valence-corrected chi connectivity index (χ3v) is 1.99. The summed E-state index contributed by atoms with van der Waals surface area (Å²) in [5.41, 5.74) is 0. The van der Waals surface area contributed by atoms with Crippen LogP contribution in [0.4, 0.5) is 0 Å². The Labute approximate surface area is 104 Å². The second-order valence-electron chi connectivity index (χ2n) is 3.61. The van der Waals surface area contributed by atoms with Gasteiger partial charge in [0.15, 0.2) is 0 Å². The third kappa shape index (κ3) is 9.65. The molecule has 4 atom stereocenters. The zero-order chi connectivity index (χ0) is 14.9. The van der Waals surface area contributed by atoms with Gasteiger partial charge in [0.25, 0.3) is 5.97 Å². The summed E-state index contributed by atoms with van der Waals surface area (Å²) in [5.74, 6) is -2.46. The molecule has 0 amide bonds. The fourth-order valence-electron chi connectivity index (χ4n) is 0.671. The average Bonchev–Trinajstić information content (AvgIpc) is 2.34. The van der Waals surface area contributed by atoms with Gasteiger partial charge in [-0.15, -0.1) is 0 Å². The van der Waals surface area contributed by atoms with Gasteiger partial charge in [-0.2, -0.15) is 0 Å². The van der Waals surface area contributed by atoms with Crippen LogP contribution in [0.25, 0.3) is 0 Å². The molecule has 0 bridgehead atoms. The van der Waals surface area contributed by atoms with Gasteiger partial charge in [-0.25, -0.2) is 0 Å². The largest absolute Gasteiger partial charge is 0.394 e. The lowest BCUT2D eigenvalue weighted by molar-refractivity contribution is -0.312. The first kappa shape index (κ1) is 20.0. The molecule has 0 aliphatic carbocycles. The summed E-state index contributed by atoms with van der Waals surface area (Å²) >= 11 is 0. The Morgan fingerprint density at radius 2 is 1.00 bits per heavy atom. The molecule has 9 heteroatoms. The van der Waals surface area contributed by atoms with Gasteiger partial charge in [0, 0.05) is 6.42 Å². The Hall–Kier alpha value is -0.360. The van der Waals surface area contributed by atoms with E-state index in [0.717, 1.165) is 0 Å². The Kier molecular flexibility index (Phi) is 10.6. The first-order valence-electron chi connectivity index (χ1n) is 5.21. The lowest BCUT2D eigenvalue weighted by Crippen LogP contribution is -2.46. The topological polar surface area (TPSA) is 182 Å². The van der Waals surface area contributed by atoms with E-state index in [1.54, 1.807) is 0 Å². The normalized spacial score (nSPS) is 18.3. The molecule has 0 aliphatic heterocycles. The summed E-state index contributed by atoms with van der Waals surface area (Å²) in [7, 11) is 0. The number of hydrogen-bond donors (Lipinski definition) is 9. The molecule has 0 spiro atoms. The molecule has 18 heavy (non-hydrogen) atoms. The number of aliphatic hydroxyl groups excluding tert-OH is 6. The maximum Gasteiger partial charge on any atom is 0.274 e. The van der Waals surface area contributed by atoms with Crippen molar-refractivity contribution in [2.75, 3.05) is 13.2 Å². The fraction of sp³-hybridized carbons (Fsp3) is 1.00. The van der Waals surface area contributed by atoms with Gasteiger partial charge < -0.3 is 46.0 Å². The lowest BCUT2D eigenvalue weighted by Gasteiger charge is -2.24.